The zero-order chi connectivity index (χ0) is 20.5. The van der Waals surface area contributed by atoms with Crippen LogP contribution in [0.5, 0.6) is 11.5 Å². The van der Waals surface area contributed by atoms with Gasteiger partial charge in [0.2, 0.25) is 0 Å². The molecule has 1 saturated heterocycles. The average Bonchev–Trinajstić information content (AvgIpc) is 2.63. The molecule has 28 heavy (non-hydrogen) atoms. The molecule has 0 spiro atoms. The van der Waals surface area contributed by atoms with Crippen LogP contribution in [-0.4, -0.2) is 54.6 Å². The number of unbranched alkanes of at least 4 members (excludes halogenated alkanes) is 1. The van der Waals surface area contributed by atoms with Crippen LogP contribution >= 0.6 is 15.9 Å². The molecule has 0 bridgehead atoms. The normalized spacial score (nSPS) is 25.2. The Balaban J connectivity index is 1.86. The number of piperidine rings is 1. The number of benzene rings is 1. The third-order valence-corrected chi connectivity index (χ3v) is 6.39. The molecule has 0 aromatic heterocycles. The van der Waals surface area contributed by atoms with Crippen molar-refractivity contribution in [2.75, 3.05) is 26.8 Å². The third kappa shape index (κ3) is 4.66. The summed E-state index contributed by atoms with van der Waals surface area (Å²) in [5.41, 5.74) is 2.24. The Labute approximate surface area is 177 Å². The second-order valence-corrected chi connectivity index (χ2v) is 9.62. The zero-order valence-electron chi connectivity index (χ0n) is 17.8. The van der Waals surface area contributed by atoms with Crippen molar-refractivity contribution >= 4 is 15.9 Å². The van der Waals surface area contributed by atoms with Crippen molar-refractivity contribution in [3.05, 3.63) is 21.7 Å². The highest BCUT2D eigenvalue weighted by atomic mass is 79.9. The Bertz CT molecular complexity index is 688. The fraction of sp³-hybridized carbons (Fsp3) is 0.727. The van der Waals surface area contributed by atoms with Crippen LogP contribution in [0.15, 0.2) is 10.5 Å². The molecule has 2 aliphatic heterocycles. The Morgan fingerprint density at radius 1 is 1.32 bits per heavy atom. The van der Waals surface area contributed by atoms with Gasteiger partial charge < -0.3 is 19.3 Å². The van der Waals surface area contributed by atoms with Gasteiger partial charge in [-0.15, -0.1) is 0 Å². The van der Waals surface area contributed by atoms with Crippen molar-refractivity contribution in [1.82, 2.24) is 4.90 Å². The number of ether oxygens (including phenoxy) is 3. The largest absolute Gasteiger partial charge is 0.493 e. The van der Waals surface area contributed by atoms with Gasteiger partial charge in [-0.2, -0.15) is 0 Å². The minimum Gasteiger partial charge on any atom is -0.493 e. The maximum atomic E-state index is 10.8. The first-order valence-electron chi connectivity index (χ1n) is 10.4. The molecule has 3 atom stereocenters. The Morgan fingerprint density at radius 2 is 2.07 bits per heavy atom. The maximum absolute atomic E-state index is 10.8. The fourth-order valence-electron chi connectivity index (χ4n) is 4.23. The summed E-state index contributed by atoms with van der Waals surface area (Å²) in [6.45, 7) is 10.7. The van der Waals surface area contributed by atoms with Crippen LogP contribution in [0.1, 0.15) is 64.1 Å². The molecule has 1 aromatic carbocycles. The summed E-state index contributed by atoms with van der Waals surface area (Å²) in [7, 11) is 1.68. The van der Waals surface area contributed by atoms with Gasteiger partial charge in [0.05, 0.1) is 36.0 Å². The van der Waals surface area contributed by atoms with Crippen LogP contribution in [0, 0.1) is 0 Å². The number of aliphatic hydroxyl groups excluding tert-OH is 1. The van der Waals surface area contributed by atoms with Crippen molar-refractivity contribution in [3.8, 4) is 11.5 Å². The number of aliphatic hydroxyl groups is 1. The molecule has 0 radical (unpaired) electrons. The minimum atomic E-state index is -0.475. The number of hydrogen-bond acceptors (Lipinski definition) is 5. The van der Waals surface area contributed by atoms with Crippen LogP contribution in [-0.2, 0) is 11.2 Å². The molecule has 158 valence electrons. The van der Waals surface area contributed by atoms with Gasteiger partial charge in [0.25, 0.3) is 0 Å². The van der Waals surface area contributed by atoms with Gasteiger partial charge in [0, 0.05) is 19.1 Å². The Morgan fingerprint density at radius 3 is 2.71 bits per heavy atom. The molecule has 0 amide bonds. The Hall–Kier alpha value is -0.820. The monoisotopic (exact) mass is 455 g/mol. The highest BCUT2D eigenvalue weighted by Crippen LogP contribution is 2.47. The zero-order valence-corrected chi connectivity index (χ0v) is 19.3. The van der Waals surface area contributed by atoms with E-state index in [1.165, 1.54) is 11.1 Å². The van der Waals surface area contributed by atoms with E-state index in [-0.39, 0.29) is 17.7 Å². The van der Waals surface area contributed by atoms with Crippen LogP contribution in [0.2, 0.25) is 0 Å². The van der Waals surface area contributed by atoms with E-state index in [9.17, 15) is 5.11 Å². The Kier molecular flexibility index (Phi) is 6.96. The summed E-state index contributed by atoms with van der Waals surface area (Å²) in [6, 6.07) is 2.28. The molecule has 0 unspecified atom stereocenters. The van der Waals surface area contributed by atoms with Gasteiger partial charge in [0.15, 0.2) is 11.5 Å². The molecule has 0 saturated carbocycles. The van der Waals surface area contributed by atoms with E-state index in [4.69, 9.17) is 14.2 Å². The highest BCUT2D eigenvalue weighted by Gasteiger charge is 2.41. The molecule has 2 aliphatic rings. The average molecular weight is 456 g/mol. The molecule has 3 rings (SSSR count). The van der Waals surface area contributed by atoms with Crippen LogP contribution in [0.3, 0.4) is 0 Å². The summed E-state index contributed by atoms with van der Waals surface area (Å²) in [6.07, 6.45) is 3.09. The smallest absolute Gasteiger partial charge is 0.175 e. The standard InChI is InChI=1S/C22H34BrNO4/c1-6-7-10-27-21-18(26-5)11-15-14(20(21)23)8-9-24-13-19(28-22(2,3)4)17(25)12-16(15)24/h11,16-17,19,25H,6-10,12-13H2,1-5H3/t16-,17-,19-/m1/s1. The first-order valence-corrected chi connectivity index (χ1v) is 11.2. The molecule has 1 fully saturated rings. The maximum Gasteiger partial charge on any atom is 0.175 e. The molecule has 1 aromatic rings. The van der Waals surface area contributed by atoms with Gasteiger partial charge >= 0.3 is 0 Å². The summed E-state index contributed by atoms with van der Waals surface area (Å²) >= 11 is 3.78. The molecule has 2 heterocycles. The van der Waals surface area contributed by atoms with Crippen LogP contribution in [0.4, 0.5) is 0 Å². The van der Waals surface area contributed by atoms with Crippen molar-refractivity contribution in [2.45, 2.75) is 77.2 Å². The SMILES string of the molecule is CCCCOc1c(OC)cc2c(c1Br)CCN1C[C@@H](OC(C)(C)C)[C@H](O)C[C@H]21. The predicted octanol–water partition coefficient (Wildman–Crippen LogP) is 4.48. The van der Waals surface area contributed by atoms with E-state index in [1.54, 1.807) is 7.11 Å². The molecule has 6 heteroatoms. The summed E-state index contributed by atoms with van der Waals surface area (Å²) in [4.78, 5) is 2.44. The predicted molar refractivity (Wildman–Crippen MR) is 114 cm³/mol. The van der Waals surface area contributed by atoms with E-state index < -0.39 is 6.10 Å². The number of methoxy groups -OCH3 is 1. The van der Waals surface area contributed by atoms with Crippen LogP contribution in [0.25, 0.3) is 0 Å². The van der Waals surface area contributed by atoms with Crippen molar-refractivity contribution in [2.24, 2.45) is 0 Å². The van der Waals surface area contributed by atoms with E-state index in [0.29, 0.717) is 13.0 Å². The van der Waals surface area contributed by atoms with Crippen molar-refractivity contribution in [3.63, 3.8) is 0 Å². The molecular weight excluding hydrogens is 422 g/mol. The first-order chi connectivity index (χ1) is 13.2. The lowest BCUT2D eigenvalue weighted by Gasteiger charge is -2.47. The third-order valence-electron chi connectivity index (χ3n) is 5.55. The number of halogens is 1. The number of nitrogens with zero attached hydrogens (tertiary/aromatic N) is 1. The summed E-state index contributed by atoms with van der Waals surface area (Å²) in [5.74, 6) is 1.56. The van der Waals surface area contributed by atoms with Gasteiger partial charge in [-0.1, -0.05) is 13.3 Å². The van der Waals surface area contributed by atoms with E-state index in [1.807, 2.05) is 20.8 Å². The van der Waals surface area contributed by atoms with E-state index >= 15 is 0 Å². The summed E-state index contributed by atoms with van der Waals surface area (Å²) < 4.78 is 18.8. The topological polar surface area (TPSA) is 51.2 Å². The number of rotatable bonds is 6. The number of hydrogen-bond donors (Lipinski definition) is 1. The van der Waals surface area contributed by atoms with Crippen molar-refractivity contribution in [1.29, 1.82) is 0 Å². The lowest BCUT2D eigenvalue weighted by Crippen LogP contribution is -2.53. The van der Waals surface area contributed by atoms with Gasteiger partial charge in [0.1, 0.15) is 0 Å². The van der Waals surface area contributed by atoms with Gasteiger partial charge in [-0.25, -0.2) is 0 Å². The first kappa shape index (κ1) is 21.9. The second kappa shape index (κ2) is 8.90. The number of fused-ring (bicyclic) bond motifs is 3. The molecular formula is C22H34BrNO4. The quantitative estimate of drug-likeness (QED) is 0.640. The highest BCUT2D eigenvalue weighted by molar-refractivity contribution is 9.10. The minimum absolute atomic E-state index is 0.153. The fourth-order valence-corrected chi connectivity index (χ4v) is 4.96. The van der Waals surface area contributed by atoms with Crippen LogP contribution < -0.4 is 9.47 Å². The van der Waals surface area contributed by atoms with Gasteiger partial charge in [-0.3, -0.25) is 4.90 Å². The summed E-state index contributed by atoms with van der Waals surface area (Å²) in [5, 5.41) is 10.8. The van der Waals surface area contributed by atoms with Crippen molar-refractivity contribution < 1.29 is 19.3 Å². The van der Waals surface area contributed by atoms with Gasteiger partial charge in [-0.05, 0) is 73.2 Å². The molecule has 1 N–H and O–H groups in total. The van der Waals surface area contributed by atoms with E-state index in [2.05, 4.69) is 33.8 Å². The second-order valence-electron chi connectivity index (χ2n) is 8.82. The molecule has 0 aliphatic carbocycles. The lowest BCUT2D eigenvalue weighted by atomic mass is 9.84. The molecule has 5 nitrogen and oxygen atoms in total. The lowest BCUT2D eigenvalue weighted by molar-refractivity contribution is -0.149. The van der Waals surface area contributed by atoms with E-state index in [0.717, 1.165) is 48.3 Å².